The average molecular weight is 476 g/mol. The first-order chi connectivity index (χ1) is 13.8. The van der Waals surface area contributed by atoms with Gasteiger partial charge in [-0.3, -0.25) is 19.8 Å². The zero-order valence-electron chi connectivity index (χ0n) is 15.8. The average Bonchev–Trinajstić information content (AvgIpc) is 2.90. The van der Waals surface area contributed by atoms with Crippen molar-refractivity contribution in [2.24, 2.45) is 0 Å². The van der Waals surface area contributed by atoms with E-state index in [1.165, 1.54) is 17.0 Å². The molecule has 2 aromatic rings. The van der Waals surface area contributed by atoms with E-state index in [0.717, 1.165) is 15.6 Å². The molecule has 150 valence electrons. The third kappa shape index (κ3) is 4.46. The molecule has 1 aliphatic rings. The van der Waals surface area contributed by atoms with Crippen LogP contribution in [-0.4, -0.2) is 39.3 Å². The van der Waals surface area contributed by atoms with E-state index in [2.05, 4.69) is 15.9 Å². The monoisotopic (exact) mass is 475 g/mol. The van der Waals surface area contributed by atoms with E-state index in [0.29, 0.717) is 23.1 Å². The van der Waals surface area contributed by atoms with E-state index in [4.69, 9.17) is 17.0 Å². The molecule has 3 rings (SSSR count). The number of nitro groups is 1. The maximum Gasteiger partial charge on any atom is 0.276 e. The van der Waals surface area contributed by atoms with Crippen molar-refractivity contribution in [3.63, 3.8) is 0 Å². The second kappa shape index (κ2) is 8.71. The van der Waals surface area contributed by atoms with E-state index in [1.807, 2.05) is 19.1 Å². The summed E-state index contributed by atoms with van der Waals surface area (Å²) in [6.45, 7) is 2.61. The molecule has 0 spiro atoms. The number of benzene rings is 2. The Morgan fingerprint density at radius 2 is 1.93 bits per heavy atom. The Labute approximate surface area is 181 Å². The topological polar surface area (TPSA) is 75.9 Å². The molecular weight excluding hydrogens is 458 g/mol. The molecule has 0 radical (unpaired) electrons. The van der Waals surface area contributed by atoms with Gasteiger partial charge in [0.05, 0.1) is 4.92 Å². The molecule has 1 saturated heterocycles. The Morgan fingerprint density at radius 3 is 2.52 bits per heavy atom. The van der Waals surface area contributed by atoms with Crippen molar-refractivity contribution in [1.82, 2.24) is 9.80 Å². The summed E-state index contributed by atoms with van der Waals surface area (Å²) < 4.78 is 6.77. The molecule has 1 heterocycles. The lowest BCUT2D eigenvalue weighted by Crippen LogP contribution is -2.30. The molecular formula is C20H18BrN3O4S. The molecule has 1 amide bonds. The zero-order chi connectivity index (χ0) is 21.1. The van der Waals surface area contributed by atoms with Gasteiger partial charge in [0.15, 0.2) is 5.11 Å². The first-order valence-corrected chi connectivity index (χ1v) is 9.99. The molecule has 0 saturated carbocycles. The van der Waals surface area contributed by atoms with Gasteiger partial charge in [0.1, 0.15) is 18.1 Å². The Kier molecular flexibility index (Phi) is 6.29. The summed E-state index contributed by atoms with van der Waals surface area (Å²) >= 11 is 8.78. The number of nitro benzene ring substituents is 1. The van der Waals surface area contributed by atoms with Crippen molar-refractivity contribution >= 4 is 50.9 Å². The summed E-state index contributed by atoms with van der Waals surface area (Å²) in [5, 5.41) is 11.2. The van der Waals surface area contributed by atoms with Crippen LogP contribution in [0.1, 0.15) is 18.1 Å². The second-order valence-corrected chi connectivity index (χ2v) is 7.60. The fourth-order valence-electron chi connectivity index (χ4n) is 2.88. The standard InChI is InChI=1S/C20H18BrN3O4S/c1-3-23-19(25)17(22(2)20(23)29)11-14-10-15(21)6-9-18(14)28-12-13-4-7-16(8-5-13)24(26)27/h4-11H,3,12H2,1-2H3/b17-11-. The molecule has 0 N–H and O–H groups in total. The number of rotatable bonds is 6. The molecule has 0 bridgehead atoms. The largest absolute Gasteiger partial charge is 0.488 e. The molecule has 7 nitrogen and oxygen atoms in total. The number of hydrogen-bond donors (Lipinski definition) is 0. The van der Waals surface area contributed by atoms with Gasteiger partial charge in [0, 0.05) is 35.8 Å². The van der Waals surface area contributed by atoms with Gasteiger partial charge in [0.25, 0.3) is 11.6 Å². The van der Waals surface area contributed by atoms with Crippen LogP contribution in [0.2, 0.25) is 0 Å². The van der Waals surface area contributed by atoms with E-state index in [9.17, 15) is 14.9 Å². The fourth-order valence-corrected chi connectivity index (χ4v) is 3.57. The number of non-ortho nitro benzene ring substituents is 1. The van der Waals surface area contributed by atoms with Crippen LogP contribution in [0.4, 0.5) is 5.69 Å². The number of likely N-dealkylation sites (N-methyl/N-ethyl adjacent to an activating group) is 2. The lowest BCUT2D eigenvalue weighted by molar-refractivity contribution is -0.384. The highest BCUT2D eigenvalue weighted by Gasteiger charge is 2.34. The van der Waals surface area contributed by atoms with Crippen LogP contribution >= 0.6 is 28.1 Å². The van der Waals surface area contributed by atoms with Crippen LogP contribution in [-0.2, 0) is 11.4 Å². The van der Waals surface area contributed by atoms with E-state index in [1.54, 1.807) is 36.2 Å². The minimum absolute atomic E-state index is 0.0297. The van der Waals surface area contributed by atoms with Crippen LogP contribution < -0.4 is 4.74 Å². The van der Waals surface area contributed by atoms with E-state index in [-0.39, 0.29) is 18.2 Å². The SMILES string of the molecule is CCN1C(=O)/C(=C/c2cc(Br)ccc2OCc2ccc([N+](=O)[O-])cc2)N(C)C1=S. The number of carbonyl (C=O) groups is 1. The molecule has 29 heavy (non-hydrogen) atoms. The number of thiocarbonyl (C=S) groups is 1. The van der Waals surface area contributed by atoms with Crippen molar-refractivity contribution in [3.05, 3.63) is 73.9 Å². The first-order valence-electron chi connectivity index (χ1n) is 8.78. The number of amides is 1. The molecule has 1 fully saturated rings. The molecule has 9 heteroatoms. The van der Waals surface area contributed by atoms with Gasteiger partial charge >= 0.3 is 0 Å². The highest BCUT2D eigenvalue weighted by atomic mass is 79.9. The summed E-state index contributed by atoms with van der Waals surface area (Å²) in [5.74, 6) is 0.433. The fraction of sp³-hybridized carbons (Fsp3) is 0.200. The Balaban J connectivity index is 1.86. The van der Waals surface area contributed by atoms with Crippen molar-refractivity contribution < 1.29 is 14.5 Å². The normalized spacial score (nSPS) is 15.3. The summed E-state index contributed by atoms with van der Waals surface area (Å²) in [5.41, 5.74) is 2.01. The summed E-state index contributed by atoms with van der Waals surface area (Å²) in [7, 11) is 1.76. The van der Waals surface area contributed by atoms with Crippen molar-refractivity contribution in [3.8, 4) is 5.75 Å². The van der Waals surface area contributed by atoms with Crippen LogP contribution in [0.3, 0.4) is 0 Å². The Hall–Kier alpha value is -2.78. The van der Waals surface area contributed by atoms with Crippen molar-refractivity contribution in [2.75, 3.05) is 13.6 Å². The lowest BCUT2D eigenvalue weighted by Gasteiger charge is -2.14. The van der Waals surface area contributed by atoms with E-state index >= 15 is 0 Å². The number of hydrogen-bond acceptors (Lipinski definition) is 5. The second-order valence-electron chi connectivity index (χ2n) is 6.31. The van der Waals surface area contributed by atoms with Gasteiger partial charge in [-0.15, -0.1) is 0 Å². The predicted molar refractivity (Wildman–Crippen MR) is 117 cm³/mol. The van der Waals surface area contributed by atoms with Crippen LogP contribution in [0.5, 0.6) is 5.75 Å². The van der Waals surface area contributed by atoms with Gasteiger partial charge in [-0.25, -0.2) is 0 Å². The minimum atomic E-state index is -0.442. The highest BCUT2D eigenvalue weighted by molar-refractivity contribution is 9.10. The third-order valence-corrected chi connectivity index (χ3v) is 5.45. The van der Waals surface area contributed by atoms with Gasteiger partial charge in [-0.2, -0.15) is 0 Å². The maximum atomic E-state index is 12.6. The van der Waals surface area contributed by atoms with Crippen molar-refractivity contribution in [1.29, 1.82) is 0 Å². The Bertz CT molecular complexity index is 1010. The van der Waals surface area contributed by atoms with Crippen LogP contribution in [0, 0.1) is 10.1 Å². The van der Waals surface area contributed by atoms with Gasteiger partial charge < -0.3 is 9.64 Å². The minimum Gasteiger partial charge on any atom is -0.488 e. The molecule has 0 atom stereocenters. The smallest absolute Gasteiger partial charge is 0.276 e. The predicted octanol–water partition coefficient (Wildman–Crippen LogP) is 4.36. The molecule has 1 aliphatic heterocycles. The third-order valence-electron chi connectivity index (χ3n) is 4.47. The summed E-state index contributed by atoms with van der Waals surface area (Å²) in [4.78, 5) is 26.2. The number of halogens is 1. The van der Waals surface area contributed by atoms with E-state index < -0.39 is 4.92 Å². The quantitative estimate of drug-likeness (QED) is 0.267. The summed E-state index contributed by atoms with van der Waals surface area (Å²) in [6, 6.07) is 11.7. The van der Waals surface area contributed by atoms with Crippen LogP contribution in [0.15, 0.2) is 52.6 Å². The summed E-state index contributed by atoms with van der Waals surface area (Å²) in [6.07, 6.45) is 1.75. The zero-order valence-corrected chi connectivity index (χ0v) is 18.2. The number of carbonyl (C=O) groups excluding carboxylic acids is 1. The first kappa shape index (κ1) is 20.9. The molecule has 0 aromatic heterocycles. The lowest BCUT2D eigenvalue weighted by atomic mass is 10.1. The van der Waals surface area contributed by atoms with Crippen LogP contribution in [0.25, 0.3) is 6.08 Å². The number of nitrogens with zero attached hydrogens (tertiary/aromatic N) is 3. The van der Waals surface area contributed by atoms with Gasteiger partial charge in [-0.05, 0) is 61.1 Å². The van der Waals surface area contributed by atoms with Crippen molar-refractivity contribution in [2.45, 2.75) is 13.5 Å². The van der Waals surface area contributed by atoms with Gasteiger partial charge in [-0.1, -0.05) is 15.9 Å². The highest BCUT2D eigenvalue weighted by Crippen LogP contribution is 2.29. The molecule has 0 unspecified atom stereocenters. The Morgan fingerprint density at radius 1 is 1.24 bits per heavy atom. The molecule has 2 aromatic carbocycles. The maximum absolute atomic E-state index is 12.6. The van der Waals surface area contributed by atoms with Gasteiger partial charge in [0.2, 0.25) is 0 Å². The number of ether oxygens (including phenoxy) is 1. The molecule has 0 aliphatic carbocycles.